The number of primary amides is 1. The fourth-order valence-corrected chi connectivity index (χ4v) is 1.54. The van der Waals surface area contributed by atoms with Gasteiger partial charge in [-0.2, -0.15) is 0 Å². The Morgan fingerprint density at radius 1 is 1.30 bits per heavy atom. The van der Waals surface area contributed by atoms with E-state index in [1.165, 1.54) is 0 Å². The molecule has 6 heteroatoms. The molecule has 6 nitrogen and oxygen atoms in total. The van der Waals surface area contributed by atoms with Crippen molar-refractivity contribution < 1.29 is 14.7 Å². The quantitative estimate of drug-likeness (QED) is 0.449. The molecule has 0 saturated carbocycles. The van der Waals surface area contributed by atoms with Gasteiger partial charge < -0.3 is 21.5 Å². The first kappa shape index (κ1) is 15.5. The molecule has 0 atom stereocenters. The first-order chi connectivity index (χ1) is 9.54. The molecule has 0 saturated heterocycles. The fourth-order valence-electron chi connectivity index (χ4n) is 1.54. The van der Waals surface area contributed by atoms with Gasteiger partial charge in [0, 0.05) is 24.2 Å². The minimum atomic E-state index is -0.628. The van der Waals surface area contributed by atoms with E-state index < -0.39 is 6.03 Å². The van der Waals surface area contributed by atoms with Crippen LogP contribution in [-0.4, -0.2) is 36.7 Å². The van der Waals surface area contributed by atoms with Crippen molar-refractivity contribution in [1.82, 2.24) is 10.6 Å². The zero-order valence-electron chi connectivity index (χ0n) is 11.2. The Morgan fingerprint density at radius 3 is 2.65 bits per heavy atom. The summed E-state index contributed by atoms with van der Waals surface area (Å²) < 4.78 is 0. The van der Waals surface area contributed by atoms with Crippen molar-refractivity contribution in [3.8, 4) is 11.8 Å². The molecule has 0 aromatic heterocycles. The lowest BCUT2D eigenvalue weighted by Crippen LogP contribution is -2.37. The first-order valence-corrected chi connectivity index (χ1v) is 6.06. The third kappa shape index (κ3) is 5.00. The van der Waals surface area contributed by atoms with Crippen LogP contribution in [0.25, 0.3) is 0 Å². The van der Waals surface area contributed by atoms with Crippen LogP contribution in [-0.2, 0) is 0 Å². The summed E-state index contributed by atoms with van der Waals surface area (Å²) in [5, 5.41) is 13.7. The number of nitrogens with two attached hydrogens (primary N) is 1. The Balaban J connectivity index is 2.69. The third-order valence-electron chi connectivity index (χ3n) is 2.50. The Bertz CT molecular complexity index is 559. The largest absolute Gasteiger partial charge is 0.384 e. The van der Waals surface area contributed by atoms with Crippen molar-refractivity contribution in [2.75, 3.05) is 19.7 Å². The van der Waals surface area contributed by atoms with Gasteiger partial charge in [0.2, 0.25) is 0 Å². The molecule has 1 rings (SSSR count). The molecule has 0 heterocycles. The van der Waals surface area contributed by atoms with E-state index in [0.29, 0.717) is 11.1 Å². The highest BCUT2D eigenvalue weighted by molar-refractivity contribution is 5.96. The Hall–Kier alpha value is -2.52. The highest BCUT2D eigenvalue weighted by atomic mass is 16.2. The van der Waals surface area contributed by atoms with Gasteiger partial charge in [0.15, 0.2) is 0 Å². The van der Waals surface area contributed by atoms with Gasteiger partial charge in [-0.1, -0.05) is 17.9 Å². The summed E-state index contributed by atoms with van der Waals surface area (Å²) in [7, 11) is 0. The number of carbonyl (C=O) groups is 2. The smallest absolute Gasteiger partial charge is 0.312 e. The Morgan fingerprint density at radius 2 is 2.00 bits per heavy atom. The summed E-state index contributed by atoms with van der Waals surface area (Å²) in [6.45, 7) is 2.14. The Kier molecular flexibility index (Phi) is 6.07. The molecule has 0 aliphatic rings. The average Bonchev–Trinajstić information content (AvgIpc) is 2.42. The predicted molar refractivity (Wildman–Crippen MR) is 75.1 cm³/mol. The predicted octanol–water partition coefficient (Wildman–Crippen LogP) is -0.263. The number of hydrogen-bond donors (Lipinski definition) is 4. The number of benzene rings is 1. The van der Waals surface area contributed by atoms with Crippen molar-refractivity contribution in [2.45, 2.75) is 6.92 Å². The number of carbonyl (C=O) groups excluding carboxylic acids is 2. The number of hydrogen-bond acceptors (Lipinski definition) is 3. The molecule has 5 N–H and O–H groups in total. The molecule has 0 aliphatic heterocycles. The van der Waals surface area contributed by atoms with Crippen molar-refractivity contribution in [1.29, 1.82) is 0 Å². The van der Waals surface area contributed by atoms with E-state index in [2.05, 4.69) is 22.5 Å². The molecular weight excluding hydrogens is 258 g/mol. The summed E-state index contributed by atoms with van der Waals surface area (Å²) >= 11 is 0. The van der Waals surface area contributed by atoms with Gasteiger partial charge in [-0.05, 0) is 24.6 Å². The summed E-state index contributed by atoms with van der Waals surface area (Å²) in [6.07, 6.45) is 0. The fraction of sp³-hybridized carbons (Fsp3) is 0.286. The minimum absolute atomic E-state index is 0.228. The highest BCUT2D eigenvalue weighted by Crippen LogP contribution is 2.10. The summed E-state index contributed by atoms with van der Waals surface area (Å²) in [6, 6.07) is 4.60. The van der Waals surface area contributed by atoms with Gasteiger partial charge in [0.05, 0.1) is 0 Å². The maximum atomic E-state index is 12.0. The summed E-state index contributed by atoms with van der Waals surface area (Å²) in [4.78, 5) is 22.5. The first-order valence-electron chi connectivity index (χ1n) is 6.06. The standard InChI is InChI=1S/C14H17N3O3/c1-10-4-5-11(3-2-8-18)9-12(10)13(19)16-6-7-17-14(15)20/h4-5,9,18H,6-8H2,1H3,(H,16,19)(H3,15,17,20). The molecule has 3 amide bonds. The van der Waals surface area contributed by atoms with Crippen LogP contribution in [0.2, 0.25) is 0 Å². The molecule has 0 aliphatic carbocycles. The van der Waals surface area contributed by atoms with Crippen molar-refractivity contribution in [3.05, 3.63) is 34.9 Å². The summed E-state index contributed by atoms with van der Waals surface area (Å²) in [5.41, 5.74) is 6.90. The van der Waals surface area contributed by atoms with Crippen LogP contribution in [0.3, 0.4) is 0 Å². The van der Waals surface area contributed by atoms with E-state index >= 15 is 0 Å². The van der Waals surface area contributed by atoms with Crippen LogP contribution in [0.4, 0.5) is 4.79 Å². The normalized spacial score (nSPS) is 9.30. The van der Waals surface area contributed by atoms with Gasteiger partial charge in [-0.15, -0.1) is 0 Å². The molecule has 0 fully saturated rings. The maximum absolute atomic E-state index is 12.0. The topological polar surface area (TPSA) is 104 Å². The van der Waals surface area contributed by atoms with Crippen LogP contribution in [0, 0.1) is 18.8 Å². The van der Waals surface area contributed by atoms with E-state index in [-0.39, 0.29) is 25.6 Å². The van der Waals surface area contributed by atoms with E-state index in [4.69, 9.17) is 10.8 Å². The van der Waals surface area contributed by atoms with E-state index in [0.717, 1.165) is 5.56 Å². The number of nitrogens with one attached hydrogen (secondary N) is 2. The second kappa shape index (κ2) is 7.81. The van der Waals surface area contributed by atoms with E-state index in [1.807, 2.05) is 6.92 Å². The van der Waals surface area contributed by atoms with E-state index in [9.17, 15) is 9.59 Å². The number of urea groups is 1. The van der Waals surface area contributed by atoms with Crippen LogP contribution in [0.15, 0.2) is 18.2 Å². The second-order valence-electron chi connectivity index (χ2n) is 4.04. The lowest BCUT2D eigenvalue weighted by molar-refractivity contribution is 0.0953. The SMILES string of the molecule is Cc1ccc(C#CCO)cc1C(=O)NCCNC(N)=O. The third-order valence-corrected chi connectivity index (χ3v) is 2.50. The zero-order chi connectivity index (χ0) is 15.0. The van der Waals surface area contributed by atoms with Crippen molar-refractivity contribution in [2.24, 2.45) is 5.73 Å². The maximum Gasteiger partial charge on any atom is 0.312 e. The van der Waals surface area contributed by atoms with Gasteiger partial charge in [0.25, 0.3) is 5.91 Å². The minimum Gasteiger partial charge on any atom is -0.384 e. The van der Waals surface area contributed by atoms with E-state index in [1.54, 1.807) is 18.2 Å². The number of aliphatic hydroxyl groups is 1. The zero-order valence-corrected chi connectivity index (χ0v) is 11.2. The van der Waals surface area contributed by atoms with Gasteiger partial charge in [-0.3, -0.25) is 4.79 Å². The van der Waals surface area contributed by atoms with Gasteiger partial charge >= 0.3 is 6.03 Å². The number of rotatable bonds is 4. The molecule has 0 bridgehead atoms. The number of aliphatic hydroxyl groups excluding tert-OH is 1. The monoisotopic (exact) mass is 275 g/mol. The lowest BCUT2D eigenvalue weighted by Gasteiger charge is -2.08. The molecule has 1 aromatic rings. The second-order valence-corrected chi connectivity index (χ2v) is 4.04. The number of amides is 3. The molecular formula is C14H17N3O3. The van der Waals surface area contributed by atoms with Gasteiger partial charge in [-0.25, -0.2) is 4.79 Å². The van der Waals surface area contributed by atoms with Crippen LogP contribution in [0.1, 0.15) is 21.5 Å². The van der Waals surface area contributed by atoms with Crippen LogP contribution < -0.4 is 16.4 Å². The molecule has 20 heavy (non-hydrogen) atoms. The van der Waals surface area contributed by atoms with Crippen molar-refractivity contribution >= 4 is 11.9 Å². The van der Waals surface area contributed by atoms with Crippen LogP contribution in [0.5, 0.6) is 0 Å². The van der Waals surface area contributed by atoms with Crippen molar-refractivity contribution in [3.63, 3.8) is 0 Å². The molecule has 1 aromatic carbocycles. The van der Waals surface area contributed by atoms with Gasteiger partial charge in [0.1, 0.15) is 6.61 Å². The summed E-state index contributed by atoms with van der Waals surface area (Å²) in [5.74, 6) is 5.02. The lowest BCUT2D eigenvalue weighted by atomic mass is 10.0. The Labute approximate surface area is 117 Å². The molecule has 0 unspecified atom stereocenters. The molecule has 0 radical (unpaired) electrons. The molecule has 106 valence electrons. The number of aryl methyl sites for hydroxylation is 1. The van der Waals surface area contributed by atoms with Crippen LogP contribution >= 0.6 is 0 Å². The molecule has 0 spiro atoms. The highest BCUT2D eigenvalue weighted by Gasteiger charge is 2.08. The average molecular weight is 275 g/mol.